The molecule has 0 bridgehead atoms. The molecule has 3 heterocycles. The predicted molar refractivity (Wildman–Crippen MR) is 93.3 cm³/mol. The number of aromatic nitrogens is 3. The molecule has 0 atom stereocenters. The number of H-pyrrole nitrogens is 1. The quantitative estimate of drug-likeness (QED) is 0.899. The van der Waals surface area contributed by atoms with Crippen molar-refractivity contribution in [1.82, 2.24) is 25.0 Å². The van der Waals surface area contributed by atoms with Crippen LogP contribution in [0.2, 0.25) is 5.02 Å². The van der Waals surface area contributed by atoms with E-state index in [1.807, 2.05) is 4.90 Å². The lowest BCUT2D eigenvalue weighted by atomic mass is 10.2. The van der Waals surface area contributed by atoms with E-state index >= 15 is 0 Å². The number of aromatic amines is 1. The van der Waals surface area contributed by atoms with Crippen LogP contribution >= 0.6 is 11.6 Å². The third-order valence-corrected chi connectivity index (χ3v) is 4.49. The third kappa shape index (κ3) is 4.57. The van der Waals surface area contributed by atoms with Crippen molar-refractivity contribution in [2.24, 2.45) is 0 Å². The molecule has 132 valence electrons. The molecule has 1 saturated heterocycles. The summed E-state index contributed by atoms with van der Waals surface area (Å²) >= 11 is 5.81. The first-order valence-electron chi connectivity index (χ1n) is 8.30. The molecule has 0 aromatic carbocycles. The van der Waals surface area contributed by atoms with Crippen molar-refractivity contribution < 1.29 is 9.59 Å². The number of nitrogens with zero attached hydrogens (tertiary/aromatic N) is 4. The van der Waals surface area contributed by atoms with Gasteiger partial charge < -0.3 is 9.80 Å². The van der Waals surface area contributed by atoms with Crippen LogP contribution in [0.1, 0.15) is 28.9 Å². The summed E-state index contributed by atoms with van der Waals surface area (Å²) in [5.41, 5.74) is 1.40. The fraction of sp³-hybridized carbons (Fsp3) is 0.412. The minimum atomic E-state index is -0.121. The van der Waals surface area contributed by atoms with Crippen LogP contribution in [-0.4, -0.2) is 63.0 Å². The molecule has 0 radical (unpaired) electrons. The summed E-state index contributed by atoms with van der Waals surface area (Å²) in [6, 6.07) is 3.29. The summed E-state index contributed by atoms with van der Waals surface area (Å²) in [6.07, 6.45) is 6.88. The number of hydrogen-bond donors (Lipinski definition) is 1. The Hall–Kier alpha value is -2.41. The van der Waals surface area contributed by atoms with Crippen molar-refractivity contribution in [3.05, 3.63) is 47.0 Å². The van der Waals surface area contributed by atoms with Crippen LogP contribution in [0.25, 0.3) is 0 Å². The molecule has 0 aliphatic carbocycles. The summed E-state index contributed by atoms with van der Waals surface area (Å²) in [6.45, 7) is 2.35. The van der Waals surface area contributed by atoms with E-state index in [-0.39, 0.29) is 11.8 Å². The average molecular weight is 362 g/mol. The zero-order chi connectivity index (χ0) is 17.6. The van der Waals surface area contributed by atoms with Crippen molar-refractivity contribution in [3.8, 4) is 0 Å². The minimum absolute atomic E-state index is 0.111. The zero-order valence-corrected chi connectivity index (χ0v) is 14.6. The fourth-order valence-corrected chi connectivity index (χ4v) is 2.97. The molecule has 7 nitrogen and oxygen atoms in total. The molecule has 1 fully saturated rings. The molecule has 25 heavy (non-hydrogen) atoms. The molecule has 1 aliphatic heterocycles. The Kier molecular flexibility index (Phi) is 5.65. The van der Waals surface area contributed by atoms with E-state index in [2.05, 4.69) is 15.2 Å². The first-order chi connectivity index (χ1) is 12.1. The molecule has 2 aromatic heterocycles. The monoisotopic (exact) mass is 361 g/mol. The van der Waals surface area contributed by atoms with Gasteiger partial charge in [-0.3, -0.25) is 14.7 Å². The number of rotatable bonds is 4. The standard InChI is InChI=1S/C17H20ClN5O2/c18-14-3-4-15(19-12-14)17(25)23-7-1-6-22(8-9-23)16(24)5-2-13-10-20-21-11-13/h3-4,10-12H,1-2,5-9H2,(H,20,21). The minimum Gasteiger partial charge on any atom is -0.341 e. The van der Waals surface area contributed by atoms with Gasteiger partial charge in [0.1, 0.15) is 5.69 Å². The molecule has 0 spiro atoms. The molecule has 8 heteroatoms. The van der Waals surface area contributed by atoms with Crippen LogP contribution in [0.15, 0.2) is 30.7 Å². The normalized spacial score (nSPS) is 15.1. The highest BCUT2D eigenvalue weighted by Crippen LogP contribution is 2.12. The number of nitrogens with one attached hydrogen (secondary N) is 1. The van der Waals surface area contributed by atoms with Gasteiger partial charge in [-0.15, -0.1) is 0 Å². The highest BCUT2D eigenvalue weighted by Gasteiger charge is 2.23. The summed E-state index contributed by atoms with van der Waals surface area (Å²) in [5, 5.41) is 7.13. The Balaban J connectivity index is 1.53. The Morgan fingerprint density at radius 3 is 2.64 bits per heavy atom. The van der Waals surface area contributed by atoms with E-state index in [9.17, 15) is 9.59 Å². The number of amides is 2. The predicted octanol–water partition coefficient (Wildman–Crippen LogP) is 1.77. The van der Waals surface area contributed by atoms with E-state index < -0.39 is 0 Å². The number of aryl methyl sites for hydroxylation is 1. The van der Waals surface area contributed by atoms with Gasteiger partial charge in [0.05, 0.1) is 11.2 Å². The lowest BCUT2D eigenvalue weighted by Gasteiger charge is -2.22. The molecule has 0 saturated carbocycles. The zero-order valence-electron chi connectivity index (χ0n) is 13.8. The highest BCUT2D eigenvalue weighted by molar-refractivity contribution is 6.30. The molecule has 2 aromatic rings. The Labute approximate surface area is 151 Å². The molecule has 1 N–H and O–H groups in total. The van der Waals surface area contributed by atoms with E-state index in [0.717, 1.165) is 12.0 Å². The fourth-order valence-electron chi connectivity index (χ4n) is 2.86. The Morgan fingerprint density at radius 1 is 1.12 bits per heavy atom. The van der Waals surface area contributed by atoms with Crippen molar-refractivity contribution in [2.75, 3.05) is 26.2 Å². The molecule has 0 unspecified atom stereocenters. The van der Waals surface area contributed by atoms with Gasteiger partial charge in [0.2, 0.25) is 5.91 Å². The molecular weight excluding hydrogens is 342 g/mol. The van der Waals surface area contributed by atoms with E-state index in [0.29, 0.717) is 49.7 Å². The van der Waals surface area contributed by atoms with E-state index in [4.69, 9.17) is 11.6 Å². The molecule has 1 aliphatic rings. The molecule has 3 rings (SSSR count). The van der Waals surface area contributed by atoms with Crippen LogP contribution in [0.5, 0.6) is 0 Å². The first-order valence-corrected chi connectivity index (χ1v) is 8.67. The summed E-state index contributed by atoms with van der Waals surface area (Å²) < 4.78 is 0. The molecular formula is C17H20ClN5O2. The summed E-state index contributed by atoms with van der Waals surface area (Å²) in [5.74, 6) is -0.00974. The van der Waals surface area contributed by atoms with Gasteiger partial charge in [-0.25, -0.2) is 4.98 Å². The lowest BCUT2D eigenvalue weighted by Crippen LogP contribution is -2.37. The molecule has 2 amide bonds. The number of pyridine rings is 1. The van der Waals surface area contributed by atoms with Gasteiger partial charge >= 0.3 is 0 Å². The maximum atomic E-state index is 12.5. The van der Waals surface area contributed by atoms with Crippen LogP contribution in [0.3, 0.4) is 0 Å². The summed E-state index contributed by atoms with van der Waals surface area (Å²) in [4.78, 5) is 32.6. The lowest BCUT2D eigenvalue weighted by molar-refractivity contribution is -0.131. The van der Waals surface area contributed by atoms with Crippen molar-refractivity contribution >= 4 is 23.4 Å². The number of halogens is 1. The Bertz CT molecular complexity index is 717. The maximum Gasteiger partial charge on any atom is 0.272 e. The second-order valence-electron chi connectivity index (χ2n) is 5.99. The van der Waals surface area contributed by atoms with Gasteiger partial charge in [0, 0.05) is 45.0 Å². The van der Waals surface area contributed by atoms with Crippen LogP contribution in [0.4, 0.5) is 0 Å². The second-order valence-corrected chi connectivity index (χ2v) is 6.43. The van der Waals surface area contributed by atoms with Crippen molar-refractivity contribution in [1.29, 1.82) is 0 Å². The van der Waals surface area contributed by atoms with Gasteiger partial charge in [0.15, 0.2) is 0 Å². The van der Waals surface area contributed by atoms with Gasteiger partial charge in [-0.05, 0) is 30.5 Å². The topological polar surface area (TPSA) is 82.2 Å². The SMILES string of the molecule is O=C(CCc1cn[nH]c1)N1CCCN(C(=O)c2ccc(Cl)cn2)CC1. The summed E-state index contributed by atoms with van der Waals surface area (Å²) in [7, 11) is 0. The van der Waals surface area contributed by atoms with E-state index in [1.165, 1.54) is 6.20 Å². The van der Waals surface area contributed by atoms with Crippen molar-refractivity contribution in [3.63, 3.8) is 0 Å². The largest absolute Gasteiger partial charge is 0.341 e. The van der Waals surface area contributed by atoms with Crippen LogP contribution in [-0.2, 0) is 11.2 Å². The third-order valence-electron chi connectivity index (χ3n) is 4.26. The van der Waals surface area contributed by atoms with Crippen molar-refractivity contribution in [2.45, 2.75) is 19.3 Å². The van der Waals surface area contributed by atoms with Gasteiger partial charge in [0.25, 0.3) is 5.91 Å². The number of carbonyl (C=O) groups is 2. The van der Waals surface area contributed by atoms with E-state index in [1.54, 1.807) is 29.4 Å². The van der Waals surface area contributed by atoms with Crippen LogP contribution < -0.4 is 0 Å². The van der Waals surface area contributed by atoms with Gasteiger partial charge in [-0.2, -0.15) is 5.10 Å². The van der Waals surface area contributed by atoms with Crippen LogP contribution in [0, 0.1) is 0 Å². The Morgan fingerprint density at radius 2 is 1.92 bits per heavy atom. The van der Waals surface area contributed by atoms with Gasteiger partial charge in [-0.1, -0.05) is 11.6 Å². The maximum absolute atomic E-state index is 12.5. The average Bonchev–Trinajstić information content (AvgIpc) is 3.02. The smallest absolute Gasteiger partial charge is 0.272 e. The first kappa shape index (κ1) is 17.4. The number of carbonyl (C=O) groups excluding carboxylic acids is 2. The second kappa shape index (κ2) is 8.11. The number of hydrogen-bond acceptors (Lipinski definition) is 4. The highest BCUT2D eigenvalue weighted by atomic mass is 35.5.